The molecule has 0 bridgehead atoms. The zero-order valence-corrected chi connectivity index (χ0v) is 12.9. The highest BCUT2D eigenvalue weighted by Crippen LogP contribution is 2.33. The van der Waals surface area contributed by atoms with Crippen LogP contribution in [0, 0.1) is 29.6 Å². The standard InChI is InChI=1S/C16H30O2/c1-10(2)7-11(3)8-12(4)9-13(5)15-14(6)16(17)18-15/h10-15H,7-9H2,1-6H3/t11?,12?,13?,14-,15+/m1/s1. The highest BCUT2D eigenvalue weighted by molar-refractivity contribution is 5.78. The molecule has 1 aliphatic heterocycles. The van der Waals surface area contributed by atoms with Gasteiger partial charge in [-0.1, -0.05) is 34.6 Å². The summed E-state index contributed by atoms with van der Waals surface area (Å²) in [5.41, 5.74) is 0. The molecule has 0 radical (unpaired) electrons. The van der Waals surface area contributed by atoms with Gasteiger partial charge >= 0.3 is 5.97 Å². The average Bonchev–Trinajstić information content (AvgIpc) is 2.23. The van der Waals surface area contributed by atoms with Gasteiger partial charge in [-0.15, -0.1) is 0 Å². The summed E-state index contributed by atoms with van der Waals surface area (Å²) in [5, 5.41) is 0. The molecule has 1 fully saturated rings. The Morgan fingerprint density at radius 1 is 1.00 bits per heavy atom. The molecular weight excluding hydrogens is 224 g/mol. The first-order valence-corrected chi connectivity index (χ1v) is 7.51. The van der Waals surface area contributed by atoms with Crippen molar-refractivity contribution in [3.63, 3.8) is 0 Å². The van der Waals surface area contributed by atoms with Gasteiger partial charge in [0.15, 0.2) is 0 Å². The predicted octanol–water partition coefficient (Wildman–Crippen LogP) is 4.28. The van der Waals surface area contributed by atoms with Crippen LogP contribution in [0.3, 0.4) is 0 Å². The van der Waals surface area contributed by atoms with E-state index >= 15 is 0 Å². The van der Waals surface area contributed by atoms with E-state index in [2.05, 4.69) is 34.6 Å². The van der Waals surface area contributed by atoms with Crippen LogP contribution in [0.15, 0.2) is 0 Å². The lowest BCUT2D eigenvalue weighted by atomic mass is 9.80. The Morgan fingerprint density at radius 2 is 1.56 bits per heavy atom. The van der Waals surface area contributed by atoms with Crippen molar-refractivity contribution in [2.24, 2.45) is 29.6 Å². The number of esters is 1. The lowest BCUT2D eigenvalue weighted by Gasteiger charge is -2.38. The first-order chi connectivity index (χ1) is 8.31. The van der Waals surface area contributed by atoms with Crippen molar-refractivity contribution in [2.75, 3.05) is 0 Å². The summed E-state index contributed by atoms with van der Waals surface area (Å²) in [6.45, 7) is 13.5. The Balaban J connectivity index is 2.27. The molecule has 0 aromatic carbocycles. The van der Waals surface area contributed by atoms with E-state index in [1.165, 1.54) is 19.3 Å². The summed E-state index contributed by atoms with van der Waals surface area (Å²) in [7, 11) is 0. The molecule has 2 heteroatoms. The highest BCUT2D eigenvalue weighted by Gasteiger charge is 2.42. The predicted molar refractivity (Wildman–Crippen MR) is 75.2 cm³/mol. The molecule has 5 atom stereocenters. The summed E-state index contributed by atoms with van der Waals surface area (Å²) in [6, 6.07) is 0. The van der Waals surface area contributed by atoms with Gasteiger partial charge in [0.25, 0.3) is 0 Å². The fourth-order valence-electron chi connectivity index (χ4n) is 3.47. The van der Waals surface area contributed by atoms with Crippen LogP contribution in [-0.4, -0.2) is 12.1 Å². The third kappa shape index (κ3) is 4.29. The Kier molecular flexibility index (Phi) is 5.68. The van der Waals surface area contributed by atoms with Crippen LogP contribution in [0.2, 0.25) is 0 Å². The summed E-state index contributed by atoms with van der Waals surface area (Å²) in [5.74, 6) is 2.90. The first kappa shape index (κ1) is 15.5. The monoisotopic (exact) mass is 254 g/mol. The molecular formula is C16H30O2. The third-order valence-electron chi connectivity index (χ3n) is 4.13. The number of ether oxygens (including phenoxy) is 1. The van der Waals surface area contributed by atoms with E-state index in [1.807, 2.05) is 6.92 Å². The minimum atomic E-state index is -0.0207. The maximum atomic E-state index is 11.1. The maximum absolute atomic E-state index is 11.1. The van der Waals surface area contributed by atoms with Crippen molar-refractivity contribution in [1.29, 1.82) is 0 Å². The van der Waals surface area contributed by atoms with E-state index in [4.69, 9.17) is 4.74 Å². The van der Waals surface area contributed by atoms with Gasteiger partial charge in [0.05, 0.1) is 5.92 Å². The SMILES string of the molecule is CC(C)CC(C)CC(C)CC(C)[C@@H]1OC(=O)[C@@H]1C. The average molecular weight is 254 g/mol. The lowest BCUT2D eigenvalue weighted by Crippen LogP contribution is -2.47. The van der Waals surface area contributed by atoms with Crippen LogP contribution in [0.4, 0.5) is 0 Å². The molecule has 1 heterocycles. The van der Waals surface area contributed by atoms with E-state index in [-0.39, 0.29) is 18.0 Å². The van der Waals surface area contributed by atoms with Crippen LogP contribution >= 0.6 is 0 Å². The molecule has 0 spiro atoms. The lowest BCUT2D eigenvalue weighted by molar-refractivity contribution is -0.189. The summed E-state index contributed by atoms with van der Waals surface area (Å²) in [6.07, 6.45) is 3.94. The third-order valence-corrected chi connectivity index (χ3v) is 4.13. The number of hydrogen-bond acceptors (Lipinski definition) is 2. The molecule has 0 N–H and O–H groups in total. The van der Waals surface area contributed by atoms with Gasteiger partial charge in [-0.05, 0) is 49.9 Å². The molecule has 1 rings (SSSR count). The van der Waals surface area contributed by atoms with Crippen molar-refractivity contribution < 1.29 is 9.53 Å². The molecule has 0 aliphatic carbocycles. The number of carbonyl (C=O) groups excluding carboxylic acids is 1. The molecule has 1 aliphatic rings. The van der Waals surface area contributed by atoms with Gasteiger partial charge < -0.3 is 4.74 Å². The van der Waals surface area contributed by atoms with Gasteiger partial charge in [0, 0.05) is 0 Å². The molecule has 0 amide bonds. The topological polar surface area (TPSA) is 26.3 Å². The van der Waals surface area contributed by atoms with Gasteiger partial charge in [-0.2, -0.15) is 0 Å². The Morgan fingerprint density at radius 3 is 2.00 bits per heavy atom. The van der Waals surface area contributed by atoms with E-state index < -0.39 is 0 Å². The molecule has 1 saturated heterocycles. The maximum Gasteiger partial charge on any atom is 0.312 e. The smallest absolute Gasteiger partial charge is 0.312 e. The Bertz CT molecular complexity index is 272. The van der Waals surface area contributed by atoms with E-state index in [0.29, 0.717) is 5.92 Å². The van der Waals surface area contributed by atoms with Crippen LogP contribution in [0.25, 0.3) is 0 Å². The number of hydrogen-bond donors (Lipinski definition) is 0. The highest BCUT2D eigenvalue weighted by atomic mass is 16.6. The summed E-state index contributed by atoms with van der Waals surface area (Å²) >= 11 is 0. The molecule has 0 aromatic heterocycles. The Hall–Kier alpha value is -0.530. The van der Waals surface area contributed by atoms with Crippen molar-refractivity contribution in [2.45, 2.75) is 66.9 Å². The zero-order valence-electron chi connectivity index (χ0n) is 12.9. The molecule has 18 heavy (non-hydrogen) atoms. The number of cyclic esters (lactones) is 1. The van der Waals surface area contributed by atoms with Gasteiger partial charge in [-0.25, -0.2) is 0 Å². The van der Waals surface area contributed by atoms with Crippen LogP contribution < -0.4 is 0 Å². The number of rotatable bonds is 7. The van der Waals surface area contributed by atoms with Crippen molar-refractivity contribution in [3.05, 3.63) is 0 Å². The molecule has 0 saturated carbocycles. The van der Waals surface area contributed by atoms with E-state index in [9.17, 15) is 4.79 Å². The molecule has 106 valence electrons. The number of carbonyl (C=O) groups is 1. The van der Waals surface area contributed by atoms with Crippen molar-refractivity contribution in [1.82, 2.24) is 0 Å². The van der Waals surface area contributed by atoms with Crippen LogP contribution in [-0.2, 0) is 9.53 Å². The minimum Gasteiger partial charge on any atom is -0.461 e. The molecule has 2 nitrogen and oxygen atoms in total. The summed E-state index contributed by atoms with van der Waals surface area (Å²) < 4.78 is 5.24. The minimum absolute atomic E-state index is 0.0207. The second-order valence-corrected chi connectivity index (χ2v) is 6.98. The largest absolute Gasteiger partial charge is 0.461 e. The fourth-order valence-corrected chi connectivity index (χ4v) is 3.47. The normalized spacial score (nSPS) is 28.5. The zero-order chi connectivity index (χ0) is 13.9. The van der Waals surface area contributed by atoms with Crippen LogP contribution in [0.5, 0.6) is 0 Å². The second-order valence-electron chi connectivity index (χ2n) is 6.98. The van der Waals surface area contributed by atoms with Crippen molar-refractivity contribution in [3.8, 4) is 0 Å². The quantitative estimate of drug-likeness (QED) is 0.634. The van der Waals surface area contributed by atoms with Gasteiger partial charge in [0.2, 0.25) is 0 Å². The summed E-state index contributed by atoms with van der Waals surface area (Å²) in [4.78, 5) is 11.1. The molecule has 0 aromatic rings. The van der Waals surface area contributed by atoms with E-state index in [1.54, 1.807) is 0 Å². The van der Waals surface area contributed by atoms with Crippen molar-refractivity contribution >= 4 is 5.97 Å². The fraction of sp³-hybridized carbons (Fsp3) is 0.938. The van der Waals surface area contributed by atoms with Gasteiger partial charge in [-0.3, -0.25) is 4.79 Å². The first-order valence-electron chi connectivity index (χ1n) is 7.51. The van der Waals surface area contributed by atoms with Crippen LogP contribution in [0.1, 0.15) is 60.8 Å². The molecule has 3 unspecified atom stereocenters. The van der Waals surface area contributed by atoms with Gasteiger partial charge in [0.1, 0.15) is 6.10 Å². The Labute approximate surface area is 112 Å². The van der Waals surface area contributed by atoms with E-state index in [0.717, 1.165) is 17.8 Å². The second kappa shape index (κ2) is 6.58.